The van der Waals surface area contributed by atoms with Gasteiger partial charge in [-0.1, -0.05) is 23.7 Å². The van der Waals surface area contributed by atoms with E-state index in [1.165, 1.54) is 0 Å². The molecule has 1 atom stereocenters. The maximum atomic E-state index is 12.7. The molecule has 124 valence electrons. The van der Waals surface area contributed by atoms with Crippen LogP contribution in [0.25, 0.3) is 0 Å². The molecular formula is C18H17ClN2O3. The molecule has 0 saturated carbocycles. The van der Waals surface area contributed by atoms with Gasteiger partial charge in [0.15, 0.2) is 6.61 Å². The summed E-state index contributed by atoms with van der Waals surface area (Å²) in [6.07, 6.45) is 0.237. The van der Waals surface area contributed by atoms with Gasteiger partial charge in [-0.05, 0) is 43.3 Å². The summed E-state index contributed by atoms with van der Waals surface area (Å²) >= 11 is 5.83. The van der Waals surface area contributed by atoms with Crippen molar-refractivity contribution < 1.29 is 14.3 Å². The molecule has 0 aromatic heterocycles. The van der Waals surface area contributed by atoms with E-state index in [2.05, 4.69) is 5.32 Å². The lowest BCUT2D eigenvalue weighted by molar-refractivity contribution is -0.121. The maximum absolute atomic E-state index is 12.7. The molecule has 0 unspecified atom stereocenters. The SMILES string of the molecule is C[C@@H]1CC(=O)Nc2ccccc2N1C(=O)COc1ccc(Cl)cc1. The zero-order valence-corrected chi connectivity index (χ0v) is 13.9. The van der Waals surface area contributed by atoms with Crippen LogP contribution in [0.1, 0.15) is 13.3 Å². The number of ether oxygens (including phenoxy) is 1. The summed E-state index contributed by atoms with van der Waals surface area (Å²) in [6.45, 7) is 1.73. The fourth-order valence-corrected chi connectivity index (χ4v) is 2.84. The molecule has 1 heterocycles. The Morgan fingerprint density at radius 1 is 1.25 bits per heavy atom. The standard InChI is InChI=1S/C18H17ClN2O3/c1-12-10-17(22)20-15-4-2-3-5-16(15)21(12)18(23)11-24-14-8-6-13(19)7-9-14/h2-9,12H,10-11H2,1H3,(H,20,22)/t12-/m1/s1. The van der Waals surface area contributed by atoms with Gasteiger partial charge in [-0.3, -0.25) is 9.59 Å². The maximum Gasteiger partial charge on any atom is 0.265 e. The highest BCUT2D eigenvalue weighted by Gasteiger charge is 2.29. The second kappa shape index (κ2) is 6.93. The van der Waals surface area contributed by atoms with Gasteiger partial charge in [0, 0.05) is 17.5 Å². The van der Waals surface area contributed by atoms with E-state index >= 15 is 0 Å². The van der Waals surface area contributed by atoms with Gasteiger partial charge in [0.2, 0.25) is 5.91 Å². The van der Waals surface area contributed by atoms with E-state index in [1.807, 2.05) is 25.1 Å². The molecule has 1 aliphatic rings. The van der Waals surface area contributed by atoms with Crippen LogP contribution in [-0.4, -0.2) is 24.5 Å². The normalized spacial score (nSPS) is 16.8. The number of nitrogens with one attached hydrogen (secondary N) is 1. The molecule has 0 aliphatic carbocycles. The Morgan fingerprint density at radius 2 is 1.96 bits per heavy atom. The summed E-state index contributed by atoms with van der Waals surface area (Å²) < 4.78 is 5.55. The van der Waals surface area contributed by atoms with Gasteiger partial charge in [0.1, 0.15) is 5.75 Å². The third-order valence-electron chi connectivity index (χ3n) is 3.80. The number of benzene rings is 2. The van der Waals surface area contributed by atoms with Crippen molar-refractivity contribution in [2.45, 2.75) is 19.4 Å². The van der Waals surface area contributed by atoms with Gasteiger partial charge in [0.25, 0.3) is 5.91 Å². The molecule has 0 radical (unpaired) electrons. The minimum atomic E-state index is -0.255. The highest BCUT2D eigenvalue weighted by Crippen LogP contribution is 2.31. The van der Waals surface area contributed by atoms with E-state index in [0.29, 0.717) is 22.1 Å². The van der Waals surface area contributed by atoms with E-state index in [-0.39, 0.29) is 30.9 Å². The van der Waals surface area contributed by atoms with Gasteiger partial charge >= 0.3 is 0 Å². The van der Waals surface area contributed by atoms with Crippen LogP contribution in [0, 0.1) is 0 Å². The first-order valence-corrected chi connectivity index (χ1v) is 8.01. The summed E-state index contributed by atoms with van der Waals surface area (Å²) in [4.78, 5) is 26.3. The lowest BCUT2D eigenvalue weighted by atomic mass is 10.1. The van der Waals surface area contributed by atoms with Crippen LogP contribution < -0.4 is 15.0 Å². The number of halogens is 1. The molecule has 5 nitrogen and oxygen atoms in total. The van der Waals surface area contributed by atoms with Crippen molar-refractivity contribution in [2.24, 2.45) is 0 Å². The van der Waals surface area contributed by atoms with Gasteiger partial charge in [-0.15, -0.1) is 0 Å². The van der Waals surface area contributed by atoms with E-state index in [1.54, 1.807) is 35.2 Å². The predicted molar refractivity (Wildman–Crippen MR) is 93.6 cm³/mol. The molecule has 2 aromatic rings. The minimum Gasteiger partial charge on any atom is -0.484 e. The van der Waals surface area contributed by atoms with Crippen molar-refractivity contribution in [3.05, 3.63) is 53.6 Å². The van der Waals surface area contributed by atoms with Gasteiger partial charge < -0.3 is 15.0 Å². The van der Waals surface area contributed by atoms with Gasteiger partial charge in [-0.2, -0.15) is 0 Å². The first-order valence-electron chi connectivity index (χ1n) is 7.64. The van der Waals surface area contributed by atoms with Crippen LogP contribution in [0.4, 0.5) is 11.4 Å². The topological polar surface area (TPSA) is 58.6 Å². The zero-order valence-electron chi connectivity index (χ0n) is 13.2. The molecule has 1 aliphatic heterocycles. The summed E-state index contributed by atoms with van der Waals surface area (Å²) in [7, 11) is 0. The summed E-state index contributed by atoms with van der Waals surface area (Å²) in [5, 5.41) is 3.43. The number of hydrogen-bond donors (Lipinski definition) is 1. The van der Waals surface area contributed by atoms with Crippen LogP contribution in [-0.2, 0) is 9.59 Å². The lowest BCUT2D eigenvalue weighted by Crippen LogP contribution is -2.41. The number of carbonyl (C=O) groups excluding carboxylic acids is 2. The second-order valence-electron chi connectivity index (χ2n) is 5.62. The van der Waals surface area contributed by atoms with Crippen LogP contribution in [0.2, 0.25) is 5.02 Å². The molecule has 0 saturated heterocycles. The quantitative estimate of drug-likeness (QED) is 0.927. The van der Waals surface area contributed by atoms with E-state index in [9.17, 15) is 9.59 Å². The largest absolute Gasteiger partial charge is 0.484 e. The van der Waals surface area contributed by atoms with Crippen molar-refractivity contribution >= 4 is 34.8 Å². The average molecular weight is 345 g/mol. The fourth-order valence-electron chi connectivity index (χ4n) is 2.71. The third kappa shape index (κ3) is 3.51. The smallest absolute Gasteiger partial charge is 0.265 e. The summed E-state index contributed by atoms with van der Waals surface area (Å²) in [5.74, 6) is 0.253. The van der Waals surface area contributed by atoms with E-state index in [0.717, 1.165) is 0 Å². The lowest BCUT2D eigenvalue weighted by Gasteiger charge is -2.27. The third-order valence-corrected chi connectivity index (χ3v) is 4.06. The Balaban J connectivity index is 1.79. The predicted octanol–water partition coefficient (Wildman–Crippen LogP) is 3.48. The monoisotopic (exact) mass is 344 g/mol. The molecular weight excluding hydrogens is 328 g/mol. The fraction of sp³-hybridized carbons (Fsp3) is 0.222. The number of anilines is 2. The van der Waals surface area contributed by atoms with Crippen molar-refractivity contribution in [2.75, 3.05) is 16.8 Å². The van der Waals surface area contributed by atoms with Crippen molar-refractivity contribution in [1.29, 1.82) is 0 Å². The van der Waals surface area contributed by atoms with Gasteiger partial charge in [0.05, 0.1) is 11.4 Å². The highest BCUT2D eigenvalue weighted by atomic mass is 35.5. The van der Waals surface area contributed by atoms with Gasteiger partial charge in [-0.25, -0.2) is 0 Å². The van der Waals surface area contributed by atoms with Crippen LogP contribution in [0.3, 0.4) is 0 Å². The number of fused-ring (bicyclic) bond motifs is 1. The first-order chi connectivity index (χ1) is 11.5. The number of carbonyl (C=O) groups is 2. The molecule has 3 rings (SSSR count). The number of para-hydroxylation sites is 2. The molecule has 6 heteroatoms. The first kappa shape index (κ1) is 16.3. The second-order valence-corrected chi connectivity index (χ2v) is 6.06. The van der Waals surface area contributed by atoms with Crippen molar-refractivity contribution in [3.63, 3.8) is 0 Å². The molecule has 2 amide bonds. The zero-order chi connectivity index (χ0) is 17.1. The number of nitrogens with zero attached hydrogens (tertiary/aromatic N) is 1. The molecule has 0 fully saturated rings. The van der Waals surface area contributed by atoms with Crippen molar-refractivity contribution in [1.82, 2.24) is 0 Å². The Labute approximate surface area is 145 Å². The average Bonchev–Trinajstić information content (AvgIpc) is 2.68. The molecule has 0 spiro atoms. The molecule has 0 bridgehead atoms. The van der Waals surface area contributed by atoms with Crippen LogP contribution >= 0.6 is 11.6 Å². The minimum absolute atomic E-state index is 0.108. The molecule has 2 aromatic carbocycles. The molecule has 1 N–H and O–H groups in total. The van der Waals surface area contributed by atoms with E-state index in [4.69, 9.17) is 16.3 Å². The number of hydrogen-bond acceptors (Lipinski definition) is 3. The Kier molecular flexibility index (Phi) is 4.71. The number of rotatable bonds is 3. The number of amides is 2. The Morgan fingerprint density at radius 3 is 2.71 bits per heavy atom. The van der Waals surface area contributed by atoms with E-state index < -0.39 is 0 Å². The Hall–Kier alpha value is -2.53. The van der Waals surface area contributed by atoms with Crippen LogP contribution in [0.5, 0.6) is 5.75 Å². The summed E-state index contributed by atoms with van der Waals surface area (Å²) in [5.41, 5.74) is 1.31. The highest BCUT2D eigenvalue weighted by molar-refractivity contribution is 6.30. The van der Waals surface area contributed by atoms with Crippen LogP contribution in [0.15, 0.2) is 48.5 Å². The van der Waals surface area contributed by atoms with Crippen molar-refractivity contribution in [3.8, 4) is 5.75 Å². The molecule has 24 heavy (non-hydrogen) atoms. The Bertz CT molecular complexity index is 761. The summed E-state index contributed by atoms with van der Waals surface area (Å²) in [6, 6.07) is 13.8.